The van der Waals surface area contributed by atoms with Crippen LogP contribution in [0, 0.1) is 0 Å². The van der Waals surface area contributed by atoms with Crippen molar-refractivity contribution in [1.29, 1.82) is 0 Å². The van der Waals surface area contributed by atoms with Crippen molar-refractivity contribution in [3.8, 4) is 0 Å². The Bertz CT molecular complexity index is 466. The number of hydrogen-bond acceptors (Lipinski definition) is 2. The smallest absolute Gasteiger partial charge is 0.261 e. The van der Waals surface area contributed by atoms with E-state index in [0.717, 1.165) is 12.8 Å². The minimum absolute atomic E-state index is 0.163. The predicted molar refractivity (Wildman–Crippen MR) is 83.3 cm³/mol. The maximum absolute atomic E-state index is 12.2. The van der Waals surface area contributed by atoms with Gasteiger partial charge in [0.05, 0.1) is 11.1 Å². The van der Waals surface area contributed by atoms with E-state index in [9.17, 15) is 9.59 Å². The first kappa shape index (κ1) is 15.2. The second-order valence-corrected chi connectivity index (χ2v) is 6.51. The van der Waals surface area contributed by atoms with Gasteiger partial charge in [-0.1, -0.05) is 60.7 Å². The van der Waals surface area contributed by atoms with Crippen molar-refractivity contribution in [3.05, 3.63) is 35.4 Å². The van der Waals surface area contributed by atoms with Crippen molar-refractivity contribution in [2.24, 2.45) is 0 Å². The number of imide groups is 1. The molecule has 4 heteroatoms. The van der Waals surface area contributed by atoms with Crippen LogP contribution < -0.4 is 0 Å². The maximum Gasteiger partial charge on any atom is 0.261 e. The zero-order chi connectivity index (χ0) is 14.5. The van der Waals surface area contributed by atoms with Crippen molar-refractivity contribution >= 4 is 27.7 Å². The Kier molecular flexibility index (Phi) is 5.35. The molecule has 0 aromatic heterocycles. The average molecular weight is 338 g/mol. The lowest BCUT2D eigenvalue weighted by Crippen LogP contribution is -2.34. The minimum Gasteiger partial charge on any atom is -0.273 e. The quantitative estimate of drug-likeness (QED) is 0.428. The van der Waals surface area contributed by atoms with Crippen LogP contribution in [-0.4, -0.2) is 28.1 Å². The Morgan fingerprint density at radius 2 is 1.65 bits per heavy atom. The molecular weight excluding hydrogens is 318 g/mol. The molecule has 0 saturated carbocycles. The van der Waals surface area contributed by atoms with Crippen LogP contribution in [0.1, 0.15) is 59.7 Å². The lowest BCUT2D eigenvalue weighted by Gasteiger charge is -2.18. The van der Waals surface area contributed by atoms with Gasteiger partial charge in [0.2, 0.25) is 0 Å². The van der Waals surface area contributed by atoms with E-state index in [1.807, 2.05) is 0 Å². The summed E-state index contributed by atoms with van der Waals surface area (Å²) in [6, 6.07) is 7.04. The van der Waals surface area contributed by atoms with Gasteiger partial charge >= 0.3 is 0 Å². The molecule has 0 radical (unpaired) electrons. The van der Waals surface area contributed by atoms with Crippen molar-refractivity contribution in [1.82, 2.24) is 4.90 Å². The van der Waals surface area contributed by atoms with Gasteiger partial charge in [0.1, 0.15) is 0 Å². The first-order valence-electron chi connectivity index (χ1n) is 7.24. The Labute approximate surface area is 128 Å². The molecule has 1 aliphatic rings. The van der Waals surface area contributed by atoms with Gasteiger partial charge in [-0.25, -0.2) is 0 Å². The lowest BCUT2D eigenvalue weighted by molar-refractivity contribution is 0.0654. The van der Waals surface area contributed by atoms with Crippen LogP contribution in [0.4, 0.5) is 0 Å². The minimum atomic E-state index is -0.163. The number of alkyl halides is 1. The summed E-state index contributed by atoms with van der Waals surface area (Å²) in [6.45, 7) is 2.64. The van der Waals surface area contributed by atoms with E-state index in [2.05, 4.69) is 22.9 Å². The van der Waals surface area contributed by atoms with E-state index in [0.29, 0.717) is 17.7 Å². The van der Waals surface area contributed by atoms with Crippen molar-refractivity contribution < 1.29 is 9.59 Å². The largest absolute Gasteiger partial charge is 0.273 e. The fourth-order valence-corrected chi connectivity index (χ4v) is 3.10. The molecule has 0 saturated heterocycles. The summed E-state index contributed by atoms with van der Waals surface area (Å²) in [5.41, 5.74) is 1.06. The predicted octanol–water partition coefficient (Wildman–Crippen LogP) is 4.02. The third kappa shape index (κ3) is 3.29. The summed E-state index contributed by atoms with van der Waals surface area (Å²) in [5, 5.41) is 0. The first-order chi connectivity index (χ1) is 9.65. The Balaban J connectivity index is 1.91. The zero-order valence-corrected chi connectivity index (χ0v) is 13.4. The molecule has 1 heterocycles. The number of fused-ring (bicyclic) bond motifs is 1. The topological polar surface area (TPSA) is 37.4 Å². The van der Waals surface area contributed by atoms with Crippen LogP contribution in [0.15, 0.2) is 24.3 Å². The molecule has 2 rings (SSSR count). The standard InChI is InChI=1S/C16H20BrNO2/c1-2-3-4-5-8-12(17)11-18-15(19)13-9-6-7-10-14(13)16(18)20/h6-7,9-10,12H,2-5,8,11H2,1H3. The van der Waals surface area contributed by atoms with Gasteiger partial charge in [-0.15, -0.1) is 0 Å². The van der Waals surface area contributed by atoms with E-state index in [1.165, 1.54) is 24.2 Å². The summed E-state index contributed by atoms with van der Waals surface area (Å²) >= 11 is 3.59. The fourth-order valence-electron chi connectivity index (χ4n) is 2.49. The highest BCUT2D eigenvalue weighted by Gasteiger charge is 2.35. The summed E-state index contributed by atoms with van der Waals surface area (Å²) in [6.07, 6.45) is 5.79. The van der Waals surface area contributed by atoms with Crippen LogP contribution >= 0.6 is 15.9 Å². The van der Waals surface area contributed by atoms with Gasteiger partial charge in [-0.3, -0.25) is 14.5 Å². The van der Waals surface area contributed by atoms with E-state index >= 15 is 0 Å². The second kappa shape index (κ2) is 7.02. The van der Waals surface area contributed by atoms with E-state index in [-0.39, 0.29) is 16.6 Å². The molecule has 108 valence electrons. The number of benzene rings is 1. The first-order valence-corrected chi connectivity index (χ1v) is 8.16. The summed E-state index contributed by atoms with van der Waals surface area (Å²) < 4.78 is 0. The number of carbonyl (C=O) groups is 2. The number of halogens is 1. The van der Waals surface area contributed by atoms with Crippen LogP contribution in [0.25, 0.3) is 0 Å². The molecule has 0 aliphatic carbocycles. The molecule has 20 heavy (non-hydrogen) atoms. The number of nitrogens with zero attached hydrogens (tertiary/aromatic N) is 1. The van der Waals surface area contributed by atoms with Gasteiger partial charge in [0.25, 0.3) is 11.8 Å². The number of hydrogen-bond donors (Lipinski definition) is 0. The SMILES string of the molecule is CCCCCCC(Br)CN1C(=O)c2ccccc2C1=O. The van der Waals surface area contributed by atoms with Crippen LogP contribution in [0.5, 0.6) is 0 Å². The third-order valence-electron chi connectivity index (χ3n) is 3.63. The van der Waals surface area contributed by atoms with Gasteiger partial charge in [-0.05, 0) is 18.6 Å². The highest BCUT2D eigenvalue weighted by molar-refractivity contribution is 9.09. The fraction of sp³-hybridized carbons (Fsp3) is 0.500. The number of rotatable bonds is 7. The Morgan fingerprint density at radius 1 is 1.05 bits per heavy atom. The highest BCUT2D eigenvalue weighted by Crippen LogP contribution is 2.24. The lowest BCUT2D eigenvalue weighted by atomic mass is 10.1. The summed E-state index contributed by atoms with van der Waals surface area (Å²) in [7, 11) is 0. The maximum atomic E-state index is 12.2. The molecule has 0 bridgehead atoms. The molecule has 0 spiro atoms. The van der Waals surface area contributed by atoms with Gasteiger partial charge in [0.15, 0.2) is 0 Å². The van der Waals surface area contributed by atoms with E-state index in [4.69, 9.17) is 0 Å². The molecule has 0 fully saturated rings. The van der Waals surface area contributed by atoms with Gasteiger partial charge in [-0.2, -0.15) is 0 Å². The average Bonchev–Trinajstić information content (AvgIpc) is 2.69. The van der Waals surface area contributed by atoms with Gasteiger partial charge < -0.3 is 0 Å². The van der Waals surface area contributed by atoms with Gasteiger partial charge in [0, 0.05) is 11.4 Å². The second-order valence-electron chi connectivity index (χ2n) is 5.21. The molecule has 0 N–H and O–H groups in total. The Morgan fingerprint density at radius 3 is 2.20 bits per heavy atom. The summed E-state index contributed by atoms with van der Waals surface area (Å²) in [5.74, 6) is -0.327. The number of amides is 2. The van der Waals surface area contributed by atoms with E-state index in [1.54, 1.807) is 24.3 Å². The van der Waals surface area contributed by atoms with Crippen molar-refractivity contribution in [2.75, 3.05) is 6.54 Å². The van der Waals surface area contributed by atoms with Crippen molar-refractivity contribution in [2.45, 2.75) is 43.9 Å². The molecule has 1 aromatic rings. The molecule has 2 amide bonds. The van der Waals surface area contributed by atoms with Crippen LogP contribution in [-0.2, 0) is 0 Å². The summed E-state index contributed by atoms with van der Waals surface area (Å²) in [4.78, 5) is 26.0. The normalized spacial score (nSPS) is 15.6. The number of unbranched alkanes of at least 4 members (excludes halogenated alkanes) is 3. The number of carbonyl (C=O) groups excluding carboxylic acids is 2. The monoisotopic (exact) mass is 337 g/mol. The Hall–Kier alpha value is -1.16. The van der Waals surface area contributed by atoms with E-state index < -0.39 is 0 Å². The molecular formula is C16H20BrNO2. The van der Waals surface area contributed by atoms with Crippen LogP contribution in [0.2, 0.25) is 0 Å². The molecule has 1 unspecified atom stereocenters. The molecule has 1 aliphatic heterocycles. The molecule has 3 nitrogen and oxygen atoms in total. The molecule has 1 aromatic carbocycles. The molecule has 1 atom stereocenters. The highest BCUT2D eigenvalue weighted by atomic mass is 79.9. The third-order valence-corrected chi connectivity index (χ3v) is 4.38. The zero-order valence-electron chi connectivity index (χ0n) is 11.8. The van der Waals surface area contributed by atoms with Crippen LogP contribution in [0.3, 0.4) is 0 Å². The van der Waals surface area contributed by atoms with Crippen molar-refractivity contribution in [3.63, 3.8) is 0 Å².